The Morgan fingerprint density at radius 1 is 0.902 bits per heavy atom. The normalized spacial score (nSPS) is 21.0. The van der Waals surface area contributed by atoms with Crippen molar-refractivity contribution < 1.29 is 50.6 Å². The van der Waals surface area contributed by atoms with Crippen LogP contribution in [0.4, 0.5) is 31.1 Å². The van der Waals surface area contributed by atoms with Gasteiger partial charge >= 0.3 is 18.4 Å². The number of aliphatic hydroxyl groups is 1. The van der Waals surface area contributed by atoms with Gasteiger partial charge in [-0.2, -0.15) is 26.3 Å². The predicted octanol–water partition coefficient (Wildman–Crippen LogP) is 5.24. The highest BCUT2D eigenvalue weighted by molar-refractivity contribution is 5.94. The van der Waals surface area contributed by atoms with Gasteiger partial charge in [-0.25, -0.2) is 4.79 Å². The fraction of sp³-hybridized carbons (Fsp3) is 0.464. The van der Waals surface area contributed by atoms with Gasteiger partial charge in [0.25, 0.3) is 0 Å². The number of ether oxygens (including phenoxy) is 1. The molecule has 13 heteroatoms. The molecular formula is C28H28F6N2O5. The molecule has 1 atom stereocenters. The summed E-state index contributed by atoms with van der Waals surface area (Å²) in [6.07, 6.45) is -11.3. The molecule has 41 heavy (non-hydrogen) atoms. The smallest absolute Gasteiger partial charge is 0.416 e. The van der Waals surface area contributed by atoms with Crippen molar-refractivity contribution in [2.45, 2.75) is 63.2 Å². The van der Waals surface area contributed by atoms with E-state index in [4.69, 9.17) is 4.74 Å². The van der Waals surface area contributed by atoms with E-state index in [1.807, 2.05) is 6.07 Å². The second-order valence-corrected chi connectivity index (χ2v) is 10.5. The number of amides is 2. The first-order chi connectivity index (χ1) is 19.1. The highest BCUT2D eigenvalue weighted by Crippen LogP contribution is 2.50. The number of likely N-dealkylation sites (tertiary alicyclic amines) is 1. The fourth-order valence-electron chi connectivity index (χ4n) is 5.49. The Morgan fingerprint density at radius 3 is 2.00 bits per heavy atom. The fourth-order valence-corrected chi connectivity index (χ4v) is 5.49. The summed E-state index contributed by atoms with van der Waals surface area (Å²) >= 11 is 0. The van der Waals surface area contributed by atoms with Crippen LogP contribution in [0.15, 0.2) is 48.5 Å². The van der Waals surface area contributed by atoms with Crippen molar-refractivity contribution in [3.8, 4) is 0 Å². The van der Waals surface area contributed by atoms with Crippen LogP contribution in [0.25, 0.3) is 0 Å². The van der Waals surface area contributed by atoms with Gasteiger partial charge in [0.05, 0.1) is 22.1 Å². The maximum atomic E-state index is 13.5. The molecule has 2 aliphatic rings. The number of Topliss-reactive ketones (excluding diaryl/α,β-unsaturated/α-hetero) is 1. The van der Waals surface area contributed by atoms with Crippen molar-refractivity contribution in [2.24, 2.45) is 5.41 Å². The zero-order chi connectivity index (χ0) is 30.1. The average molecular weight is 587 g/mol. The van der Waals surface area contributed by atoms with Crippen LogP contribution in [0.5, 0.6) is 0 Å². The Balaban J connectivity index is 1.46. The maximum Gasteiger partial charge on any atom is 0.416 e. The van der Waals surface area contributed by atoms with E-state index >= 15 is 0 Å². The van der Waals surface area contributed by atoms with Gasteiger partial charge in [0.1, 0.15) is 12.4 Å². The molecule has 1 unspecified atom stereocenters. The first-order valence-electron chi connectivity index (χ1n) is 12.9. The summed E-state index contributed by atoms with van der Waals surface area (Å²) in [6.45, 7) is -0.630. The van der Waals surface area contributed by atoms with Gasteiger partial charge in [0.15, 0.2) is 0 Å². The van der Waals surface area contributed by atoms with E-state index in [1.165, 1.54) is 4.90 Å². The van der Waals surface area contributed by atoms with Crippen molar-refractivity contribution in [3.63, 3.8) is 0 Å². The molecule has 2 amide bonds. The van der Waals surface area contributed by atoms with Crippen LogP contribution in [-0.2, 0) is 39.8 Å². The van der Waals surface area contributed by atoms with E-state index < -0.39 is 58.6 Å². The molecule has 1 saturated heterocycles. The third-order valence-corrected chi connectivity index (χ3v) is 7.81. The molecule has 1 aliphatic heterocycles. The minimum absolute atomic E-state index is 0.00984. The highest BCUT2D eigenvalue weighted by atomic mass is 19.4. The second-order valence-electron chi connectivity index (χ2n) is 10.5. The Labute approximate surface area is 231 Å². The maximum absolute atomic E-state index is 13.5. The summed E-state index contributed by atoms with van der Waals surface area (Å²) in [5.74, 6) is -1.16. The van der Waals surface area contributed by atoms with Crippen molar-refractivity contribution in [1.29, 1.82) is 0 Å². The van der Waals surface area contributed by atoms with Crippen LogP contribution < -0.4 is 5.32 Å². The number of hydrogen-bond donors (Lipinski definition) is 2. The van der Waals surface area contributed by atoms with Crippen LogP contribution in [0.2, 0.25) is 0 Å². The van der Waals surface area contributed by atoms with E-state index in [2.05, 4.69) is 5.32 Å². The lowest BCUT2D eigenvalue weighted by Gasteiger charge is -2.47. The van der Waals surface area contributed by atoms with Gasteiger partial charge in [-0.3, -0.25) is 9.59 Å². The summed E-state index contributed by atoms with van der Waals surface area (Å²) in [4.78, 5) is 39.7. The zero-order valence-electron chi connectivity index (χ0n) is 21.8. The van der Waals surface area contributed by atoms with Gasteiger partial charge in [0.2, 0.25) is 5.91 Å². The molecule has 0 spiro atoms. The highest BCUT2D eigenvalue weighted by Gasteiger charge is 2.59. The van der Waals surface area contributed by atoms with Gasteiger partial charge in [-0.05, 0) is 48.6 Å². The number of piperidine rings is 1. The van der Waals surface area contributed by atoms with Crippen LogP contribution in [0.1, 0.15) is 54.4 Å². The number of alkyl halides is 6. The summed E-state index contributed by atoms with van der Waals surface area (Å²) in [5, 5.41) is 14.0. The van der Waals surface area contributed by atoms with Crippen molar-refractivity contribution in [1.82, 2.24) is 10.2 Å². The molecule has 1 saturated carbocycles. The molecule has 2 fully saturated rings. The Kier molecular flexibility index (Phi) is 8.40. The van der Waals surface area contributed by atoms with E-state index in [0.29, 0.717) is 12.1 Å². The minimum Gasteiger partial charge on any atom is -0.445 e. The Hall–Kier alpha value is -3.61. The number of benzene rings is 2. The first-order valence-corrected chi connectivity index (χ1v) is 12.9. The van der Waals surface area contributed by atoms with Gasteiger partial charge in [-0.15, -0.1) is 0 Å². The quantitative estimate of drug-likeness (QED) is 0.452. The van der Waals surface area contributed by atoms with Crippen molar-refractivity contribution >= 4 is 17.8 Å². The zero-order valence-corrected chi connectivity index (χ0v) is 21.8. The van der Waals surface area contributed by atoms with E-state index in [1.54, 1.807) is 24.3 Å². The molecule has 1 aliphatic carbocycles. The van der Waals surface area contributed by atoms with E-state index in [0.717, 1.165) is 5.56 Å². The van der Waals surface area contributed by atoms with Crippen LogP contribution in [0, 0.1) is 5.41 Å². The molecule has 0 radical (unpaired) electrons. The van der Waals surface area contributed by atoms with Gasteiger partial charge in [0, 0.05) is 32.5 Å². The molecular weight excluding hydrogens is 558 g/mol. The first kappa shape index (κ1) is 30.4. The molecule has 0 aromatic heterocycles. The second kappa shape index (κ2) is 11.3. The molecule has 2 N–H and O–H groups in total. The van der Waals surface area contributed by atoms with Gasteiger partial charge < -0.3 is 20.1 Å². The van der Waals surface area contributed by atoms with Crippen molar-refractivity contribution in [3.05, 3.63) is 70.8 Å². The SMILES string of the molecule is O=C1CCC(C(=O)NCc2cc(C(F)(F)F)cc(C(F)(F)F)c2)(C2(O)CCN(C(=O)OCc3ccccc3)CC2)C1. The van der Waals surface area contributed by atoms with E-state index in [-0.39, 0.29) is 63.7 Å². The lowest BCUT2D eigenvalue weighted by molar-refractivity contribution is -0.160. The number of carbonyl (C=O) groups is 3. The lowest BCUT2D eigenvalue weighted by Crippen LogP contribution is -2.60. The molecule has 0 bridgehead atoms. The third-order valence-electron chi connectivity index (χ3n) is 7.81. The molecule has 222 valence electrons. The number of halogens is 6. The largest absolute Gasteiger partial charge is 0.445 e. The van der Waals surface area contributed by atoms with Gasteiger partial charge in [-0.1, -0.05) is 30.3 Å². The molecule has 1 heterocycles. The van der Waals surface area contributed by atoms with Crippen LogP contribution in [-0.4, -0.2) is 46.5 Å². The number of hydrogen-bond acceptors (Lipinski definition) is 5. The van der Waals surface area contributed by atoms with E-state index in [9.17, 15) is 45.8 Å². The standard InChI is InChI=1S/C28H28F6N2O5/c29-27(30,31)20-12-19(13-21(14-20)28(32,33)34)16-35-23(38)25(7-6-22(37)15-25)26(40)8-10-36(11-9-26)24(39)41-17-18-4-2-1-3-5-18/h1-5,12-14,40H,6-11,15-17H2,(H,35,38). The summed E-state index contributed by atoms with van der Waals surface area (Å²) in [7, 11) is 0. The topological polar surface area (TPSA) is 95.9 Å². The summed E-state index contributed by atoms with van der Waals surface area (Å²) in [6, 6.07) is 9.97. The molecule has 2 aromatic carbocycles. The lowest BCUT2D eigenvalue weighted by atomic mass is 9.65. The van der Waals surface area contributed by atoms with Crippen LogP contribution in [0.3, 0.4) is 0 Å². The molecule has 4 rings (SSSR count). The third kappa shape index (κ3) is 6.66. The number of rotatable bonds is 6. The summed E-state index contributed by atoms with van der Waals surface area (Å²) in [5.41, 5.74) is -6.11. The monoisotopic (exact) mass is 586 g/mol. The Morgan fingerprint density at radius 2 is 1.49 bits per heavy atom. The summed E-state index contributed by atoms with van der Waals surface area (Å²) < 4.78 is 84.8. The number of carbonyl (C=O) groups excluding carboxylic acids is 3. The predicted molar refractivity (Wildman–Crippen MR) is 132 cm³/mol. The number of ketones is 1. The van der Waals surface area contributed by atoms with Crippen molar-refractivity contribution in [2.75, 3.05) is 13.1 Å². The minimum atomic E-state index is -5.05. The molecule has 2 aromatic rings. The average Bonchev–Trinajstić information content (AvgIpc) is 3.34. The number of nitrogens with one attached hydrogen (secondary N) is 1. The molecule has 7 nitrogen and oxygen atoms in total. The number of nitrogens with zero attached hydrogens (tertiary/aromatic N) is 1. The Bertz CT molecular complexity index is 1260. The van der Waals surface area contributed by atoms with Crippen LogP contribution >= 0.6 is 0 Å².